The van der Waals surface area contributed by atoms with Gasteiger partial charge in [0.15, 0.2) is 0 Å². The van der Waals surface area contributed by atoms with Crippen LogP contribution in [0.5, 0.6) is 0 Å². The first-order chi connectivity index (χ1) is 9.65. The summed E-state index contributed by atoms with van der Waals surface area (Å²) in [6, 6.07) is 9.56. The van der Waals surface area contributed by atoms with Crippen molar-refractivity contribution in [3.8, 4) is 0 Å². The number of Topliss-reactive ketones (excluding diaryl/α,β-unsaturated/α-hetero) is 1. The molecule has 1 saturated heterocycles. The normalized spacial score (nSPS) is 30.2. The van der Waals surface area contributed by atoms with Crippen molar-refractivity contribution in [1.29, 1.82) is 0 Å². The molecule has 1 saturated carbocycles. The Balaban J connectivity index is 1.83. The number of carboxylic acids is 1. The molecule has 4 heteroatoms. The molecule has 1 N–H and O–H groups in total. The second-order valence-corrected chi connectivity index (χ2v) is 5.86. The van der Waals surface area contributed by atoms with E-state index in [0.29, 0.717) is 31.7 Å². The fourth-order valence-corrected chi connectivity index (χ4v) is 3.62. The zero-order valence-corrected chi connectivity index (χ0v) is 11.4. The van der Waals surface area contributed by atoms with Crippen LogP contribution in [0.15, 0.2) is 30.3 Å². The van der Waals surface area contributed by atoms with Gasteiger partial charge in [-0.05, 0) is 24.3 Å². The molecule has 106 valence electrons. The maximum absolute atomic E-state index is 11.7. The van der Waals surface area contributed by atoms with Crippen LogP contribution in [0.2, 0.25) is 0 Å². The minimum absolute atomic E-state index is 0.109. The number of aliphatic carboxylic acids is 1. The van der Waals surface area contributed by atoms with Crippen LogP contribution in [0, 0.1) is 5.92 Å². The van der Waals surface area contributed by atoms with E-state index in [1.54, 1.807) is 0 Å². The molecule has 1 aliphatic heterocycles. The highest BCUT2D eigenvalue weighted by atomic mass is 16.4. The first kappa shape index (κ1) is 13.3. The van der Waals surface area contributed by atoms with Gasteiger partial charge in [0.2, 0.25) is 0 Å². The van der Waals surface area contributed by atoms with Gasteiger partial charge in [0.1, 0.15) is 11.8 Å². The van der Waals surface area contributed by atoms with Crippen molar-refractivity contribution in [3.63, 3.8) is 0 Å². The maximum atomic E-state index is 11.7. The topological polar surface area (TPSA) is 57.6 Å². The van der Waals surface area contributed by atoms with E-state index in [2.05, 4.69) is 0 Å². The number of carbonyl (C=O) groups excluding carboxylic acids is 1. The zero-order valence-electron chi connectivity index (χ0n) is 11.4. The molecule has 1 aromatic carbocycles. The molecule has 0 unspecified atom stereocenters. The molecular weight excluding hydrogens is 254 g/mol. The molecule has 1 aromatic rings. The summed E-state index contributed by atoms with van der Waals surface area (Å²) in [5.41, 5.74) is 1.11. The van der Waals surface area contributed by atoms with E-state index < -0.39 is 12.0 Å². The Bertz CT molecular complexity index is 514. The highest BCUT2D eigenvalue weighted by Crippen LogP contribution is 2.39. The summed E-state index contributed by atoms with van der Waals surface area (Å²) in [4.78, 5) is 25.2. The molecule has 1 aliphatic carbocycles. The Hall–Kier alpha value is -1.68. The summed E-state index contributed by atoms with van der Waals surface area (Å²) < 4.78 is 0. The fourth-order valence-electron chi connectivity index (χ4n) is 3.62. The van der Waals surface area contributed by atoms with Crippen molar-refractivity contribution in [1.82, 2.24) is 4.90 Å². The Morgan fingerprint density at radius 2 is 2.05 bits per heavy atom. The molecule has 2 fully saturated rings. The van der Waals surface area contributed by atoms with Gasteiger partial charge in [-0.1, -0.05) is 30.3 Å². The van der Waals surface area contributed by atoms with Crippen LogP contribution in [0.1, 0.15) is 31.2 Å². The largest absolute Gasteiger partial charge is 0.480 e. The van der Waals surface area contributed by atoms with Crippen LogP contribution in [-0.4, -0.2) is 33.8 Å². The van der Waals surface area contributed by atoms with Gasteiger partial charge in [-0.25, -0.2) is 0 Å². The van der Waals surface area contributed by atoms with Crippen LogP contribution in [0.3, 0.4) is 0 Å². The molecule has 2 aliphatic rings. The predicted octanol–water partition coefficient (Wildman–Crippen LogP) is 2.08. The SMILES string of the molecule is O=C1CC[C@H]2C[C@@H](C(=O)O)N(Cc3ccccc3)[C@H]2C1. The maximum Gasteiger partial charge on any atom is 0.320 e. The van der Waals surface area contributed by atoms with Crippen molar-refractivity contribution >= 4 is 11.8 Å². The van der Waals surface area contributed by atoms with Crippen molar-refractivity contribution in [2.45, 2.75) is 44.3 Å². The fraction of sp³-hybridized carbons (Fsp3) is 0.500. The van der Waals surface area contributed by atoms with Gasteiger partial charge in [0.25, 0.3) is 0 Å². The Kier molecular flexibility index (Phi) is 3.57. The van der Waals surface area contributed by atoms with Gasteiger partial charge in [0, 0.05) is 25.4 Å². The molecule has 1 heterocycles. The lowest BCUT2D eigenvalue weighted by molar-refractivity contribution is -0.143. The number of ketones is 1. The smallest absolute Gasteiger partial charge is 0.320 e. The highest BCUT2D eigenvalue weighted by molar-refractivity contribution is 5.81. The van der Waals surface area contributed by atoms with Crippen molar-refractivity contribution in [2.24, 2.45) is 5.92 Å². The Morgan fingerprint density at radius 1 is 1.30 bits per heavy atom. The summed E-state index contributed by atoms with van der Waals surface area (Å²) in [5.74, 6) is -0.129. The van der Waals surface area contributed by atoms with Gasteiger partial charge < -0.3 is 5.11 Å². The quantitative estimate of drug-likeness (QED) is 0.916. The molecule has 0 aromatic heterocycles. The lowest BCUT2D eigenvalue weighted by Gasteiger charge is -2.32. The monoisotopic (exact) mass is 273 g/mol. The molecule has 0 radical (unpaired) electrons. The Morgan fingerprint density at radius 3 is 2.75 bits per heavy atom. The number of likely N-dealkylation sites (tertiary alicyclic amines) is 1. The van der Waals surface area contributed by atoms with Crippen LogP contribution in [0.25, 0.3) is 0 Å². The van der Waals surface area contributed by atoms with Crippen molar-refractivity contribution in [3.05, 3.63) is 35.9 Å². The van der Waals surface area contributed by atoms with E-state index in [1.807, 2.05) is 35.2 Å². The number of fused-ring (bicyclic) bond motifs is 1. The summed E-state index contributed by atoms with van der Waals surface area (Å²) in [5, 5.41) is 9.45. The van der Waals surface area contributed by atoms with Crippen LogP contribution < -0.4 is 0 Å². The van der Waals surface area contributed by atoms with Gasteiger partial charge in [0.05, 0.1) is 0 Å². The number of rotatable bonds is 3. The second kappa shape index (κ2) is 5.37. The molecule has 3 rings (SSSR count). The third-order valence-electron chi connectivity index (χ3n) is 4.62. The number of benzene rings is 1. The van der Waals surface area contributed by atoms with E-state index >= 15 is 0 Å². The number of nitrogens with zero attached hydrogens (tertiary/aromatic N) is 1. The average molecular weight is 273 g/mol. The van der Waals surface area contributed by atoms with Crippen LogP contribution in [-0.2, 0) is 16.1 Å². The molecule has 0 spiro atoms. The van der Waals surface area contributed by atoms with Crippen molar-refractivity contribution < 1.29 is 14.7 Å². The van der Waals surface area contributed by atoms with E-state index in [0.717, 1.165) is 12.0 Å². The standard InChI is InChI=1S/C16H19NO3/c18-13-7-6-12-8-15(16(19)20)17(14(12)9-13)10-11-4-2-1-3-5-11/h1-5,12,14-15H,6-10H2,(H,19,20)/t12-,14-,15-/m0/s1. The van der Waals surface area contributed by atoms with Crippen molar-refractivity contribution in [2.75, 3.05) is 0 Å². The number of hydrogen-bond acceptors (Lipinski definition) is 3. The van der Waals surface area contributed by atoms with Gasteiger partial charge >= 0.3 is 5.97 Å². The molecule has 3 atom stereocenters. The molecule has 4 nitrogen and oxygen atoms in total. The Labute approximate surface area is 118 Å². The predicted molar refractivity (Wildman–Crippen MR) is 74.2 cm³/mol. The number of hydrogen-bond donors (Lipinski definition) is 1. The minimum Gasteiger partial charge on any atom is -0.480 e. The lowest BCUT2D eigenvalue weighted by atomic mass is 9.84. The summed E-state index contributed by atoms with van der Waals surface area (Å²) in [6.07, 6.45) is 2.66. The average Bonchev–Trinajstić information content (AvgIpc) is 2.78. The zero-order chi connectivity index (χ0) is 14.1. The third kappa shape index (κ3) is 2.48. The first-order valence-corrected chi connectivity index (χ1v) is 7.19. The summed E-state index contributed by atoms with van der Waals surface area (Å²) >= 11 is 0. The van der Waals surface area contributed by atoms with E-state index in [4.69, 9.17) is 0 Å². The summed E-state index contributed by atoms with van der Waals surface area (Å²) in [6.45, 7) is 0.617. The molecule has 20 heavy (non-hydrogen) atoms. The third-order valence-corrected chi connectivity index (χ3v) is 4.62. The van der Waals surface area contributed by atoms with Gasteiger partial charge in [-0.15, -0.1) is 0 Å². The lowest BCUT2D eigenvalue weighted by Crippen LogP contribution is -2.43. The number of carbonyl (C=O) groups is 2. The second-order valence-electron chi connectivity index (χ2n) is 5.86. The van der Waals surface area contributed by atoms with E-state index in [1.165, 1.54) is 0 Å². The summed E-state index contributed by atoms with van der Waals surface area (Å²) in [7, 11) is 0. The van der Waals surface area contributed by atoms with E-state index in [9.17, 15) is 14.7 Å². The van der Waals surface area contributed by atoms with Crippen LogP contribution >= 0.6 is 0 Å². The van der Waals surface area contributed by atoms with Gasteiger partial charge in [-0.3, -0.25) is 14.5 Å². The first-order valence-electron chi connectivity index (χ1n) is 7.19. The van der Waals surface area contributed by atoms with Gasteiger partial charge in [-0.2, -0.15) is 0 Å². The minimum atomic E-state index is -0.761. The van der Waals surface area contributed by atoms with Crippen LogP contribution in [0.4, 0.5) is 0 Å². The highest BCUT2D eigenvalue weighted by Gasteiger charge is 2.46. The molecule has 0 amide bonds. The van der Waals surface area contributed by atoms with E-state index in [-0.39, 0.29) is 11.8 Å². The number of carboxylic acid groups (broad SMARTS) is 1. The molecular formula is C16H19NO3. The molecule has 0 bridgehead atoms.